The van der Waals surface area contributed by atoms with Crippen molar-refractivity contribution in [2.45, 2.75) is 5.60 Å². The lowest BCUT2D eigenvalue weighted by Gasteiger charge is -2.30. The number of thiocarbonyl (C=S) groups is 1. The highest BCUT2D eigenvalue weighted by molar-refractivity contribution is 7.80. The number of halogens is 2. The Kier molecular flexibility index (Phi) is 8.02. The minimum Gasteiger partial charge on any atom is -0.383 e. The van der Waals surface area contributed by atoms with Gasteiger partial charge in [-0.2, -0.15) is 0 Å². The summed E-state index contributed by atoms with van der Waals surface area (Å²) in [6.07, 6.45) is 3.29. The summed E-state index contributed by atoms with van der Waals surface area (Å²) in [6, 6.07) is 20.0. The van der Waals surface area contributed by atoms with Gasteiger partial charge in [0.15, 0.2) is 10.7 Å². The summed E-state index contributed by atoms with van der Waals surface area (Å²) in [7, 11) is 3.43. The molecule has 0 fully saturated rings. The summed E-state index contributed by atoms with van der Waals surface area (Å²) < 4.78 is 7.02. The molecule has 0 aliphatic rings. The van der Waals surface area contributed by atoms with Gasteiger partial charge in [-0.25, -0.2) is 15.0 Å². The molecule has 3 aromatic carbocycles. The molecule has 0 aliphatic carbocycles. The summed E-state index contributed by atoms with van der Waals surface area (Å²) in [4.78, 5) is 15.6. The molecular weight excluding hydrogens is 567 g/mol. The predicted octanol–water partition coefficient (Wildman–Crippen LogP) is 5.32. The lowest BCUT2D eigenvalue weighted by atomic mass is 9.83. The van der Waals surface area contributed by atoms with E-state index in [9.17, 15) is 5.11 Å². The van der Waals surface area contributed by atoms with Crippen LogP contribution >= 0.6 is 35.4 Å². The van der Waals surface area contributed by atoms with Crippen LogP contribution in [0.1, 0.15) is 16.8 Å². The Balaban J connectivity index is 1.78. The molecule has 1 atom stereocenters. The number of imidazole rings is 1. The highest BCUT2D eigenvalue weighted by Gasteiger charge is 2.37. The van der Waals surface area contributed by atoms with Crippen molar-refractivity contribution in [3.05, 3.63) is 106 Å². The molecule has 0 aliphatic heterocycles. The van der Waals surface area contributed by atoms with Gasteiger partial charge in [0.05, 0.1) is 42.6 Å². The van der Waals surface area contributed by atoms with E-state index in [1.807, 2.05) is 43.4 Å². The average Bonchev–Trinajstić information content (AvgIpc) is 3.38. The highest BCUT2D eigenvalue weighted by Crippen LogP contribution is 2.39. The van der Waals surface area contributed by atoms with Crippen LogP contribution in [-0.2, 0) is 17.4 Å². The molecular formula is C29H26Cl2N6O2S. The van der Waals surface area contributed by atoms with E-state index in [0.717, 1.165) is 5.56 Å². The largest absolute Gasteiger partial charge is 0.383 e. The monoisotopic (exact) mass is 592 g/mol. The SMILES string of the molecule is COCCN(C(N)=S)c1nc(-c2cccc(Cl)c2)c2cc(C(O)(c3ccc(Cl)cc3)c3cncn3C)ccc2n1. The topological polar surface area (TPSA) is 102 Å². The second-order valence-corrected chi connectivity index (χ2v) is 10.5. The smallest absolute Gasteiger partial charge is 0.232 e. The maximum atomic E-state index is 12.4. The fraction of sp³-hybridized carbons (Fsp3) is 0.172. The van der Waals surface area contributed by atoms with Crippen LogP contribution in [-0.4, -0.2) is 50.0 Å². The van der Waals surface area contributed by atoms with Crippen LogP contribution in [0.5, 0.6) is 0 Å². The number of nitrogens with zero attached hydrogens (tertiary/aromatic N) is 5. The summed E-state index contributed by atoms with van der Waals surface area (Å²) in [5.74, 6) is 0.333. The van der Waals surface area contributed by atoms with Gasteiger partial charge in [-0.05, 0) is 59.7 Å². The number of methoxy groups -OCH3 is 1. The molecule has 204 valence electrons. The van der Waals surface area contributed by atoms with E-state index in [1.54, 1.807) is 59.4 Å². The molecule has 3 N–H and O–H groups in total. The van der Waals surface area contributed by atoms with Gasteiger partial charge in [0.25, 0.3) is 0 Å². The van der Waals surface area contributed by atoms with E-state index in [2.05, 4.69) is 4.98 Å². The van der Waals surface area contributed by atoms with Gasteiger partial charge in [0, 0.05) is 35.2 Å². The molecule has 2 heterocycles. The van der Waals surface area contributed by atoms with E-state index in [0.29, 0.717) is 62.6 Å². The van der Waals surface area contributed by atoms with Crippen LogP contribution in [0.4, 0.5) is 5.95 Å². The molecule has 0 spiro atoms. The van der Waals surface area contributed by atoms with Crippen molar-refractivity contribution in [3.8, 4) is 11.3 Å². The Hall–Kier alpha value is -3.60. The van der Waals surface area contributed by atoms with Gasteiger partial charge in [-0.3, -0.25) is 4.90 Å². The Morgan fingerprint density at radius 2 is 1.80 bits per heavy atom. The number of fused-ring (bicyclic) bond motifs is 1. The Morgan fingerprint density at radius 1 is 1.05 bits per heavy atom. The van der Waals surface area contributed by atoms with Crippen LogP contribution in [0.2, 0.25) is 10.0 Å². The number of anilines is 1. The number of rotatable bonds is 8. The Labute approximate surface area is 247 Å². The molecule has 0 bridgehead atoms. The standard InChI is InChI=1S/C29H26Cl2N6O2S/c1-36-17-33-16-25(36)29(38,19-6-9-21(30)10-7-19)20-8-11-24-23(15-20)26(18-4-3-5-22(31)14-18)35-28(34-24)37(27(32)40)12-13-39-2/h3-11,14-17,38H,12-13H2,1-2H3,(H2,32,40). The number of hydrogen-bond acceptors (Lipinski definition) is 6. The number of nitrogens with two attached hydrogens (primary N) is 1. The average molecular weight is 594 g/mol. The first kappa shape index (κ1) is 27.9. The second-order valence-electron chi connectivity index (χ2n) is 9.20. The lowest BCUT2D eigenvalue weighted by molar-refractivity contribution is 0.117. The van der Waals surface area contributed by atoms with Crippen LogP contribution in [0.25, 0.3) is 22.2 Å². The van der Waals surface area contributed by atoms with Gasteiger partial charge < -0.3 is 20.1 Å². The van der Waals surface area contributed by atoms with Gasteiger partial charge >= 0.3 is 0 Å². The zero-order valence-electron chi connectivity index (χ0n) is 21.8. The normalized spacial score (nSPS) is 12.8. The minimum atomic E-state index is -1.56. The second kappa shape index (κ2) is 11.5. The maximum absolute atomic E-state index is 12.4. The fourth-order valence-corrected chi connectivity index (χ4v) is 5.16. The zero-order chi connectivity index (χ0) is 28.4. The van der Waals surface area contributed by atoms with Crippen LogP contribution < -0.4 is 10.6 Å². The molecule has 5 aromatic rings. The summed E-state index contributed by atoms with van der Waals surface area (Å²) >= 11 is 17.9. The molecule has 8 nitrogen and oxygen atoms in total. The van der Waals surface area contributed by atoms with Crippen molar-refractivity contribution in [2.24, 2.45) is 12.8 Å². The molecule has 0 amide bonds. The van der Waals surface area contributed by atoms with E-state index < -0.39 is 5.60 Å². The van der Waals surface area contributed by atoms with Crippen molar-refractivity contribution in [3.63, 3.8) is 0 Å². The summed E-state index contributed by atoms with van der Waals surface area (Å²) in [5.41, 5.74) is 8.28. The Bertz CT molecular complexity index is 1690. The number of hydrogen-bond donors (Lipinski definition) is 2. The molecule has 40 heavy (non-hydrogen) atoms. The number of benzene rings is 3. The maximum Gasteiger partial charge on any atom is 0.232 e. The van der Waals surface area contributed by atoms with E-state index >= 15 is 0 Å². The first-order valence-corrected chi connectivity index (χ1v) is 13.5. The third-order valence-electron chi connectivity index (χ3n) is 6.68. The molecule has 0 saturated carbocycles. The van der Waals surface area contributed by atoms with E-state index in [1.165, 1.54) is 0 Å². The quantitative estimate of drug-likeness (QED) is 0.233. The fourth-order valence-electron chi connectivity index (χ4n) is 4.67. The Morgan fingerprint density at radius 3 is 2.45 bits per heavy atom. The van der Waals surface area contributed by atoms with Gasteiger partial charge in [0.1, 0.15) is 0 Å². The van der Waals surface area contributed by atoms with Crippen LogP contribution in [0.15, 0.2) is 79.3 Å². The molecule has 5 rings (SSSR count). The molecule has 11 heteroatoms. The molecule has 0 saturated heterocycles. The van der Waals surface area contributed by atoms with Crippen molar-refractivity contribution < 1.29 is 9.84 Å². The first-order valence-electron chi connectivity index (χ1n) is 12.3. The zero-order valence-corrected chi connectivity index (χ0v) is 24.1. The van der Waals surface area contributed by atoms with Gasteiger partial charge in [0.2, 0.25) is 5.95 Å². The predicted molar refractivity (Wildman–Crippen MR) is 163 cm³/mol. The number of aromatic nitrogens is 4. The first-order chi connectivity index (χ1) is 19.2. The van der Waals surface area contributed by atoms with Gasteiger partial charge in [-0.1, -0.05) is 53.5 Å². The van der Waals surface area contributed by atoms with Crippen molar-refractivity contribution in [2.75, 3.05) is 25.2 Å². The minimum absolute atomic E-state index is 0.124. The number of aliphatic hydroxyl groups is 1. The van der Waals surface area contributed by atoms with E-state index in [-0.39, 0.29) is 5.11 Å². The number of aryl methyl sites for hydroxylation is 1. The third-order valence-corrected chi connectivity index (χ3v) is 7.38. The highest BCUT2D eigenvalue weighted by atomic mass is 35.5. The summed E-state index contributed by atoms with van der Waals surface area (Å²) in [5, 5.41) is 14.4. The lowest BCUT2D eigenvalue weighted by Crippen LogP contribution is -2.39. The summed E-state index contributed by atoms with van der Waals surface area (Å²) in [6.45, 7) is 0.754. The van der Waals surface area contributed by atoms with Gasteiger partial charge in [-0.15, -0.1) is 0 Å². The van der Waals surface area contributed by atoms with E-state index in [4.69, 9.17) is 55.9 Å². The van der Waals surface area contributed by atoms with Crippen molar-refractivity contribution >= 4 is 57.4 Å². The molecule has 1 unspecified atom stereocenters. The van der Waals surface area contributed by atoms with Crippen molar-refractivity contribution in [1.29, 1.82) is 0 Å². The van der Waals surface area contributed by atoms with Crippen LogP contribution in [0.3, 0.4) is 0 Å². The molecule has 2 aromatic heterocycles. The third kappa shape index (κ3) is 5.26. The van der Waals surface area contributed by atoms with Crippen molar-refractivity contribution in [1.82, 2.24) is 19.5 Å². The number of ether oxygens (including phenoxy) is 1. The molecule has 0 radical (unpaired) electrons. The van der Waals surface area contributed by atoms with Crippen LogP contribution in [0, 0.1) is 0 Å².